The lowest BCUT2D eigenvalue weighted by atomic mass is 9.95. The Morgan fingerprint density at radius 3 is 2.52 bits per heavy atom. The Morgan fingerprint density at radius 2 is 1.86 bits per heavy atom. The van der Waals surface area contributed by atoms with Gasteiger partial charge < -0.3 is 15.3 Å². The molecule has 8 heteroatoms. The molecule has 3 rings (SSSR count). The molecule has 0 radical (unpaired) electrons. The molecule has 2 N–H and O–H groups in total. The van der Waals surface area contributed by atoms with E-state index in [0.29, 0.717) is 37.1 Å². The number of rotatable bonds is 5. The molecule has 0 saturated carbocycles. The van der Waals surface area contributed by atoms with Crippen molar-refractivity contribution in [1.29, 1.82) is 0 Å². The molecule has 2 aromatic rings. The zero-order valence-corrected chi connectivity index (χ0v) is 16.0. The number of likely N-dealkylation sites (tertiary alicyclic amines) is 1. The number of carbonyl (C=O) groups excluding carboxylic acids is 2. The minimum absolute atomic E-state index is 0.0780. The van der Waals surface area contributed by atoms with Crippen LogP contribution in [0.3, 0.4) is 0 Å². The third-order valence-corrected chi connectivity index (χ3v) is 5.04. The summed E-state index contributed by atoms with van der Waals surface area (Å²) in [6.07, 6.45) is 0.997. The third kappa shape index (κ3) is 4.96. The van der Waals surface area contributed by atoms with Gasteiger partial charge in [0.1, 0.15) is 17.2 Å². The summed E-state index contributed by atoms with van der Waals surface area (Å²) in [7, 11) is 0. The normalized spacial score (nSPS) is 14.5. The number of piperidine rings is 1. The zero-order valence-electron chi connectivity index (χ0n) is 16.0. The Balaban J connectivity index is 1.52. The van der Waals surface area contributed by atoms with Crippen molar-refractivity contribution < 1.29 is 23.9 Å². The second-order valence-corrected chi connectivity index (χ2v) is 7.08. The van der Waals surface area contributed by atoms with Crippen molar-refractivity contribution in [2.75, 3.05) is 13.1 Å². The number of aromatic nitrogens is 1. The first-order valence-corrected chi connectivity index (χ1v) is 9.37. The summed E-state index contributed by atoms with van der Waals surface area (Å²) in [6.45, 7) is 2.70. The number of aryl methyl sites for hydroxylation is 1. The van der Waals surface area contributed by atoms with Crippen LogP contribution in [0.25, 0.3) is 0 Å². The van der Waals surface area contributed by atoms with Gasteiger partial charge in [0, 0.05) is 25.6 Å². The van der Waals surface area contributed by atoms with Crippen molar-refractivity contribution in [2.24, 2.45) is 5.92 Å². The second-order valence-electron chi connectivity index (χ2n) is 7.08. The molecule has 2 amide bonds. The van der Waals surface area contributed by atoms with E-state index in [1.165, 1.54) is 24.3 Å². The predicted octanol–water partition coefficient (Wildman–Crippen LogP) is 2.40. The fourth-order valence-electron chi connectivity index (χ4n) is 3.26. The predicted molar refractivity (Wildman–Crippen MR) is 103 cm³/mol. The highest BCUT2D eigenvalue weighted by atomic mass is 19.1. The maximum atomic E-state index is 13.6. The Morgan fingerprint density at radius 1 is 1.17 bits per heavy atom. The molecular formula is C21H22FN3O4. The monoisotopic (exact) mass is 399 g/mol. The summed E-state index contributed by atoms with van der Waals surface area (Å²) in [4.78, 5) is 41.4. The summed E-state index contributed by atoms with van der Waals surface area (Å²) in [5.74, 6) is -2.19. The highest BCUT2D eigenvalue weighted by Crippen LogP contribution is 2.19. The van der Waals surface area contributed by atoms with Crippen molar-refractivity contribution in [3.8, 4) is 0 Å². The highest BCUT2D eigenvalue weighted by Gasteiger charge is 2.28. The van der Waals surface area contributed by atoms with Gasteiger partial charge in [-0.2, -0.15) is 0 Å². The molecule has 0 atom stereocenters. The van der Waals surface area contributed by atoms with Gasteiger partial charge in [-0.3, -0.25) is 9.59 Å². The first kappa shape index (κ1) is 20.4. The van der Waals surface area contributed by atoms with Crippen LogP contribution >= 0.6 is 0 Å². The van der Waals surface area contributed by atoms with Gasteiger partial charge in [0.05, 0.1) is 0 Å². The van der Waals surface area contributed by atoms with Crippen LogP contribution in [0.5, 0.6) is 0 Å². The van der Waals surface area contributed by atoms with Crippen LogP contribution in [0.15, 0.2) is 36.4 Å². The zero-order chi connectivity index (χ0) is 21.0. The molecular weight excluding hydrogens is 377 g/mol. The average Bonchev–Trinajstić information content (AvgIpc) is 2.74. The number of amides is 2. The SMILES string of the molecule is Cc1ccc(CNC(=O)C2CCN(C(=O)c3cccc(C(=O)O)n3)CC2)cc1F. The van der Waals surface area contributed by atoms with Gasteiger partial charge in [0.2, 0.25) is 5.91 Å². The van der Waals surface area contributed by atoms with E-state index >= 15 is 0 Å². The fraction of sp³-hybridized carbons (Fsp3) is 0.333. The van der Waals surface area contributed by atoms with Crippen molar-refractivity contribution in [3.05, 3.63) is 64.7 Å². The molecule has 0 bridgehead atoms. The number of nitrogens with zero attached hydrogens (tertiary/aromatic N) is 2. The number of carboxylic acid groups (broad SMARTS) is 1. The molecule has 29 heavy (non-hydrogen) atoms. The number of hydrogen-bond donors (Lipinski definition) is 2. The maximum absolute atomic E-state index is 13.6. The molecule has 1 aromatic heterocycles. The van der Waals surface area contributed by atoms with Crippen LogP contribution < -0.4 is 5.32 Å². The molecule has 0 spiro atoms. The number of aromatic carboxylic acids is 1. The molecule has 1 aliphatic heterocycles. The Kier molecular flexibility index (Phi) is 6.21. The van der Waals surface area contributed by atoms with Crippen LogP contribution in [-0.4, -0.2) is 45.9 Å². The molecule has 0 aliphatic carbocycles. The van der Waals surface area contributed by atoms with E-state index in [2.05, 4.69) is 10.3 Å². The minimum Gasteiger partial charge on any atom is -0.477 e. The third-order valence-electron chi connectivity index (χ3n) is 5.04. The molecule has 0 unspecified atom stereocenters. The molecule has 2 heterocycles. The Hall–Kier alpha value is -3.29. The summed E-state index contributed by atoms with van der Waals surface area (Å²) in [6, 6.07) is 9.16. The molecule has 152 valence electrons. The number of nitrogens with one attached hydrogen (secondary N) is 1. The average molecular weight is 399 g/mol. The molecule has 7 nitrogen and oxygen atoms in total. The van der Waals surface area contributed by atoms with E-state index in [0.717, 1.165) is 0 Å². The topological polar surface area (TPSA) is 99.6 Å². The summed E-state index contributed by atoms with van der Waals surface area (Å²) in [5.41, 5.74) is 1.14. The summed E-state index contributed by atoms with van der Waals surface area (Å²) >= 11 is 0. The van der Waals surface area contributed by atoms with Crippen molar-refractivity contribution in [1.82, 2.24) is 15.2 Å². The van der Waals surface area contributed by atoms with Gasteiger partial charge in [-0.15, -0.1) is 0 Å². The van der Waals surface area contributed by atoms with E-state index < -0.39 is 5.97 Å². The van der Waals surface area contributed by atoms with Crippen molar-refractivity contribution >= 4 is 17.8 Å². The Bertz CT molecular complexity index is 939. The number of benzene rings is 1. The summed E-state index contributed by atoms with van der Waals surface area (Å²) in [5, 5.41) is 11.8. The van der Waals surface area contributed by atoms with Crippen LogP contribution in [-0.2, 0) is 11.3 Å². The van der Waals surface area contributed by atoms with Crippen molar-refractivity contribution in [3.63, 3.8) is 0 Å². The Labute approximate surface area is 167 Å². The molecule has 1 saturated heterocycles. The minimum atomic E-state index is -1.19. The van der Waals surface area contributed by atoms with Crippen LogP contribution in [0.4, 0.5) is 4.39 Å². The lowest BCUT2D eigenvalue weighted by Crippen LogP contribution is -2.43. The van der Waals surface area contributed by atoms with E-state index in [9.17, 15) is 18.8 Å². The van der Waals surface area contributed by atoms with E-state index in [1.54, 1.807) is 24.0 Å². The van der Waals surface area contributed by atoms with E-state index in [4.69, 9.17) is 5.11 Å². The van der Waals surface area contributed by atoms with Crippen molar-refractivity contribution in [2.45, 2.75) is 26.3 Å². The van der Waals surface area contributed by atoms with Gasteiger partial charge in [0.25, 0.3) is 5.91 Å². The van der Waals surface area contributed by atoms with Gasteiger partial charge in [-0.1, -0.05) is 18.2 Å². The quantitative estimate of drug-likeness (QED) is 0.804. The fourth-order valence-corrected chi connectivity index (χ4v) is 3.26. The van der Waals surface area contributed by atoms with E-state index in [-0.39, 0.29) is 41.5 Å². The highest BCUT2D eigenvalue weighted by molar-refractivity contribution is 5.94. The number of carboxylic acids is 1. The summed E-state index contributed by atoms with van der Waals surface area (Å²) < 4.78 is 13.6. The van der Waals surface area contributed by atoms with Gasteiger partial charge >= 0.3 is 5.97 Å². The van der Waals surface area contributed by atoms with Crippen LogP contribution in [0.2, 0.25) is 0 Å². The van der Waals surface area contributed by atoms with Gasteiger partial charge in [-0.25, -0.2) is 14.2 Å². The smallest absolute Gasteiger partial charge is 0.354 e. The number of hydrogen-bond acceptors (Lipinski definition) is 4. The van der Waals surface area contributed by atoms with Gasteiger partial charge in [-0.05, 0) is 49.1 Å². The molecule has 1 fully saturated rings. The van der Waals surface area contributed by atoms with Crippen LogP contribution in [0, 0.1) is 18.7 Å². The van der Waals surface area contributed by atoms with E-state index in [1.807, 2.05) is 0 Å². The molecule has 1 aliphatic rings. The first-order chi connectivity index (χ1) is 13.8. The van der Waals surface area contributed by atoms with Gasteiger partial charge in [0.15, 0.2) is 0 Å². The number of halogens is 1. The standard InChI is InChI=1S/C21H22FN3O4/c1-13-5-6-14(11-16(13)22)12-23-19(26)15-7-9-25(10-8-15)20(27)17-3-2-4-18(24-17)21(28)29/h2-6,11,15H,7-10,12H2,1H3,(H,23,26)(H,28,29). The second kappa shape index (κ2) is 8.81. The number of carbonyl (C=O) groups is 3. The lowest BCUT2D eigenvalue weighted by Gasteiger charge is -2.31. The maximum Gasteiger partial charge on any atom is 0.354 e. The first-order valence-electron chi connectivity index (χ1n) is 9.37. The van der Waals surface area contributed by atoms with Crippen LogP contribution in [0.1, 0.15) is 44.9 Å². The molecule has 1 aromatic carbocycles. The largest absolute Gasteiger partial charge is 0.477 e. The lowest BCUT2D eigenvalue weighted by molar-refractivity contribution is -0.126. The number of pyridine rings is 1.